The first-order valence-electron chi connectivity index (χ1n) is 5.52. The predicted octanol–water partition coefficient (Wildman–Crippen LogP) is 0.283. The minimum absolute atomic E-state index is 0.0867. The molecule has 2 amide bonds. The molecule has 92 valence electrons. The number of ether oxygens (including phenoxy) is 1. The van der Waals surface area contributed by atoms with Gasteiger partial charge in [0.15, 0.2) is 0 Å². The van der Waals surface area contributed by atoms with Crippen molar-refractivity contribution in [2.75, 3.05) is 32.8 Å². The zero-order valence-electron chi connectivity index (χ0n) is 9.28. The minimum Gasteiger partial charge on any atom is -0.481 e. The first kappa shape index (κ1) is 12.8. The van der Waals surface area contributed by atoms with Crippen molar-refractivity contribution < 1.29 is 19.4 Å². The summed E-state index contributed by atoms with van der Waals surface area (Å²) in [5, 5.41) is 11.1. The van der Waals surface area contributed by atoms with Gasteiger partial charge in [0.1, 0.15) is 0 Å². The van der Waals surface area contributed by atoms with Gasteiger partial charge in [0.25, 0.3) is 0 Å². The molecule has 1 rings (SSSR count). The van der Waals surface area contributed by atoms with Crippen molar-refractivity contribution in [3.05, 3.63) is 0 Å². The van der Waals surface area contributed by atoms with E-state index in [1.54, 1.807) is 4.90 Å². The van der Waals surface area contributed by atoms with Gasteiger partial charge in [-0.15, -0.1) is 0 Å². The minimum atomic E-state index is -0.836. The van der Waals surface area contributed by atoms with E-state index in [0.717, 1.165) is 6.42 Å². The molecule has 0 aromatic heterocycles. The Balaban J connectivity index is 2.15. The van der Waals surface area contributed by atoms with E-state index in [1.165, 1.54) is 0 Å². The van der Waals surface area contributed by atoms with Crippen molar-refractivity contribution in [1.29, 1.82) is 0 Å². The van der Waals surface area contributed by atoms with Crippen molar-refractivity contribution in [3.63, 3.8) is 0 Å². The van der Waals surface area contributed by atoms with Gasteiger partial charge in [0, 0.05) is 32.7 Å². The maximum absolute atomic E-state index is 11.6. The number of amides is 2. The zero-order valence-corrected chi connectivity index (χ0v) is 9.28. The fraction of sp³-hybridized carbons (Fsp3) is 0.800. The van der Waals surface area contributed by atoms with Crippen LogP contribution in [0.1, 0.15) is 19.3 Å². The van der Waals surface area contributed by atoms with Crippen molar-refractivity contribution in [1.82, 2.24) is 10.2 Å². The molecule has 0 aromatic rings. The fourth-order valence-corrected chi connectivity index (χ4v) is 1.50. The van der Waals surface area contributed by atoms with Crippen LogP contribution in [0, 0.1) is 0 Å². The van der Waals surface area contributed by atoms with Crippen molar-refractivity contribution in [2.24, 2.45) is 0 Å². The smallest absolute Gasteiger partial charge is 0.317 e. The van der Waals surface area contributed by atoms with Crippen LogP contribution in [0.25, 0.3) is 0 Å². The number of carbonyl (C=O) groups excluding carboxylic acids is 1. The Morgan fingerprint density at radius 1 is 1.31 bits per heavy atom. The molecule has 1 heterocycles. The van der Waals surface area contributed by atoms with Gasteiger partial charge < -0.3 is 20.1 Å². The third kappa shape index (κ3) is 4.97. The van der Waals surface area contributed by atoms with Crippen LogP contribution in [0.3, 0.4) is 0 Å². The number of aliphatic carboxylic acids is 1. The molecular weight excluding hydrogens is 212 g/mol. The lowest BCUT2D eigenvalue weighted by Gasteiger charge is -2.19. The van der Waals surface area contributed by atoms with Gasteiger partial charge in [-0.3, -0.25) is 4.79 Å². The van der Waals surface area contributed by atoms with Gasteiger partial charge >= 0.3 is 12.0 Å². The highest BCUT2D eigenvalue weighted by Gasteiger charge is 2.14. The van der Waals surface area contributed by atoms with E-state index >= 15 is 0 Å². The number of nitrogens with zero attached hydrogens (tertiary/aromatic N) is 1. The Morgan fingerprint density at radius 2 is 2.12 bits per heavy atom. The van der Waals surface area contributed by atoms with E-state index in [2.05, 4.69) is 5.32 Å². The Labute approximate surface area is 94.6 Å². The van der Waals surface area contributed by atoms with Crippen LogP contribution in [-0.2, 0) is 9.53 Å². The highest BCUT2D eigenvalue weighted by atomic mass is 16.5. The standard InChI is InChI=1S/C10H18N2O4/c13-9(14)3-1-4-11-10(15)12-5-2-7-16-8-6-12/h1-8H2,(H,11,15)(H,13,14). The lowest BCUT2D eigenvalue weighted by atomic mass is 10.3. The number of hydrogen-bond acceptors (Lipinski definition) is 3. The molecule has 16 heavy (non-hydrogen) atoms. The average molecular weight is 230 g/mol. The number of rotatable bonds is 4. The Bertz CT molecular complexity index is 237. The molecule has 1 aliphatic heterocycles. The zero-order chi connectivity index (χ0) is 11.8. The summed E-state index contributed by atoms with van der Waals surface area (Å²) in [6, 6.07) is -0.129. The molecule has 0 aliphatic carbocycles. The number of hydrogen-bond donors (Lipinski definition) is 2. The van der Waals surface area contributed by atoms with Crippen molar-refractivity contribution in [2.45, 2.75) is 19.3 Å². The number of urea groups is 1. The second-order valence-corrected chi connectivity index (χ2v) is 3.68. The molecule has 0 saturated carbocycles. The van der Waals surface area contributed by atoms with Gasteiger partial charge in [0.05, 0.1) is 6.61 Å². The Kier molecular flexibility index (Phi) is 5.63. The summed E-state index contributed by atoms with van der Waals surface area (Å²) in [7, 11) is 0. The number of carboxylic acid groups (broad SMARTS) is 1. The number of nitrogens with one attached hydrogen (secondary N) is 1. The Hall–Kier alpha value is -1.30. The van der Waals surface area contributed by atoms with Crippen LogP contribution in [0.5, 0.6) is 0 Å². The second kappa shape index (κ2) is 7.05. The SMILES string of the molecule is O=C(O)CCCNC(=O)N1CCCOCC1. The van der Waals surface area contributed by atoms with E-state index in [4.69, 9.17) is 9.84 Å². The average Bonchev–Trinajstić information content (AvgIpc) is 2.52. The van der Waals surface area contributed by atoms with Crippen LogP contribution >= 0.6 is 0 Å². The Morgan fingerprint density at radius 3 is 2.88 bits per heavy atom. The summed E-state index contributed by atoms with van der Waals surface area (Å²) in [6.45, 7) is 2.98. The van der Waals surface area contributed by atoms with Gasteiger partial charge in [-0.2, -0.15) is 0 Å². The third-order valence-corrected chi connectivity index (χ3v) is 2.35. The molecule has 0 atom stereocenters. The highest BCUT2D eigenvalue weighted by molar-refractivity contribution is 5.74. The maximum Gasteiger partial charge on any atom is 0.317 e. The molecular formula is C10H18N2O4. The van der Waals surface area contributed by atoms with Crippen LogP contribution in [-0.4, -0.2) is 54.9 Å². The maximum atomic E-state index is 11.6. The van der Waals surface area contributed by atoms with Crippen LogP contribution in [0.15, 0.2) is 0 Å². The molecule has 2 N–H and O–H groups in total. The summed E-state index contributed by atoms with van der Waals surface area (Å²) in [6.07, 6.45) is 1.40. The molecule has 0 unspecified atom stereocenters. The van der Waals surface area contributed by atoms with Gasteiger partial charge in [-0.05, 0) is 12.8 Å². The number of carbonyl (C=O) groups is 2. The number of carboxylic acids is 1. The molecule has 0 aromatic carbocycles. The molecule has 0 radical (unpaired) electrons. The van der Waals surface area contributed by atoms with Crippen LogP contribution < -0.4 is 5.32 Å². The first-order valence-corrected chi connectivity index (χ1v) is 5.52. The highest BCUT2D eigenvalue weighted by Crippen LogP contribution is 1.99. The normalized spacial score (nSPS) is 16.6. The fourth-order valence-electron chi connectivity index (χ4n) is 1.50. The predicted molar refractivity (Wildman–Crippen MR) is 57.3 cm³/mol. The van der Waals surface area contributed by atoms with Crippen molar-refractivity contribution in [3.8, 4) is 0 Å². The first-order chi connectivity index (χ1) is 7.70. The molecule has 6 heteroatoms. The molecule has 0 bridgehead atoms. The van der Waals surface area contributed by atoms with E-state index in [1.807, 2.05) is 0 Å². The van der Waals surface area contributed by atoms with E-state index in [0.29, 0.717) is 39.3 Å². The molecule has 1 saturated heterocycles. The summed E-state index contributed by atoms with van der Waals surface area (Å²) in [5.74, 6) is -0.836. The van der Waals surface area contributed by atoms with E-state index in [9.17, 15) is 9.59 Å². The summed E-state index contributed by atoms with van der Waals surface area (Å²) in [5.41, 5.74) is 0. The largest absolute Gasteiger partial charge is 0.481 e. The topological polar surface area (TPSA) is 78.9 Å². The van der Waals surface area contributed by atoms with E-state index in [-0.39, 0.29) is 12.5 Å². The van der Waals surface area contributed by atoms with Crippen LogP contribution in [0.2, 0.25) is 0 Å². The molecule has 0 spiro atoms. The quantitative estimate of drug-likeness (QED) is 0.680. The molecule has 6 nitrogen and oxygen atoms in total. The summed E-state index contributed by atoms with van der Waals surface area (Å²) < 4.78 is 5.23. The summed E-state index contributed by atoms with van der Waals surface area (Å²) >= 11 is 0. The summed E-state index contributed by atoms with van der Waals surface area (Å²) in [4.78, 5) is 23.6. The van der Waals surface area contributed by atoms with Gasteiger partial charge in [-0.1, -0.05) is 0 Å². The lowest BCUT2D eigenvalue weighted by molar-refractivity contribution is -0.137. The van der Waals surface area contributed by atoms with Gasteiger partial charge in [-0.25, -0.2) is 4.79 Å². The molecule has 1 fully saturated rings. The molecule has 1 aliphatic rings. The van der Waals surface area contributed by atoms with Crippen LogP contribution in [0.4, 0.5) is 4.79 Å². The van der Waals surface area contributed by atoms with Gasteiger partial charge in [0.2, 0.25) is 0 Å². The second-order valence-electron chi connectivity index (χ2n) is 3.68. The van der Waals surface area contributed by atoms with Crippen molar-refractivity contribution >= 4 is 12.0 Å². The third-order valence-electron chi connectivity index (χ3n) is 2.35. The monoisotopic (exact) mass is 230 g/mol. The van der Waals surface area contributed by atoms with E-state index < -0.39 is 5.97 Å². The lowest BCUT2D eigenvalue weighted by Crippen LogP contribution is -2.41.